The van der Waals surface area contributed by atoms with Crippen LogP contribution in [0.15, 0.2) is 24.3 Å². The van der Waals surface area contributed by atoms with Gasteiger partial charge in [0.25, 0.3) is 0 Å². The fourth-order valence-corrected chi connectivity index (χ4v) is 1.64. The molecule has 0 spiro atoms. The van der Waals surface area contributed by atoms with Crippen molar-refractivity contribution in [3.05, 3.63) is 29.8 Å². The van der Waals surface area contributed by atoms with Crippen molar-refractivity contribution in [2.75, 3.05) is 21.2 Å². The molecule has 20 heavy (non-hydrogen) atoms. The van der Waals surface area contributed by atoms with E-state index in [2.05, 4.69) is 4.74 Å². The summed E-state index contributed by atoms with van der Waals surface area (Å²) in [6.45, 7) is 0. The first-order valence-corrected chi connectivity index (χ1v) is 6.84. The van der Waals surface area contributed by atoms with Crippen molar-refractivity contribution in [1.29, 1.82) is 0 Å². The number of hydrogen-bond donors (Lipinski definition) is 1. The van der Waals surface area contributed by atoms with Crippen molar-refractivity contribution in [2.24, 2.45) is 0 Å². The van der Waals surface area contributed by atoms with E-state index in [9.17, 15) is 18.3 Å². The average Bonchev–Trinajstić information content (AvgIpc) is 2.38. The van der Waals surface area contributed by atoms with Crippen LogP contribution in [0, 0.1) is 0 Å². The van der Waals surface area contributed by atoms with Crippen LogP contribution in [0.25, 0.3) is 6.08 Å². The third kappa shape index (κ3) is 4.25. The first-order chi connectivity index (χ1) is 9.26. The third-order valence-corrected chi connectivity index (χ3v) is 3.55. The molecule has 0 bridgehead atoms. The second kappa shape index (κ2) is 6.40. The van der Waals surface area contributed by atoms with Crippen molar-refractivity contribution in [2.45, 2.75) is 0 Å². The highest BCUT2D eigenvalue weighted by atomic mass is 32.2. The maximum Gasteiger partial charge on any atom is 0.384 e. The highest BCUT2D eigenvalue weighted by molar-refractivity contribution is 7.84. The molecule has 0 radical (unpaired) electrons. The number of phenols is 1. The number of carbonyl (C=O) groups is 1. The minimum absolute atomic E-state index is 0.0148. The molecular formula is C12H15NO6S. The van der Waals surface area contributed by atoms with E-state index in [-0.39, 0.29) is 17.1 Å². The maximum atomic E-state index is 11.6. The van der Waals surface area contributed by atoms with E-state index < -0.39 is 16.3 Å². The number of esters is 1. The average molecular weight is 301 g/mol. The van der Waals surface area contributed by atoms with E-state index >= 15 is 0 Å². The Kier molecular flexibility index (Phi) is 5.12. The predicted molar refractivity (Wildman–Crippen MR) is 72.4 cm³/mol. The molecule has 0 amide bonds. The van der Waals surface area contributed by atoms with Gasteiger partial charge in [-0.15, -0.1) is 0 Å². The number of phenolic OH excluding ortho intramolecular Hbond substituents is 1. The molecule has 0 fully saturated rings. The summed E-state index contributed by atoms with van der Waals surface area (Å²) >= 11 is 0. The number of hydrogen-bond acceptors (Lipinski definition) is 6. The van der Waals surface area contributed by atoms with Gasteiger partial charge in [-0.25, -0.2) is 4.79 Å². The molecule has 0 atom stereocenters. The molecule has 0 heterocycles. The number of nitrogens with zero attached hydrogens (tertiary/aromatic N) is 1. The third-order valence-electron chi connectivity index (χ3n) is 2.25. The number of methoxy groups -OCH3 is 1. The first kappa shape index (κ1) is 16.0. The van der Waals surface area contributed by atoms with Crippen LogP contribution in [0.5, 0.6) is 11.5 Å². The van der Waals surface area contributed by atoms with Crippen molar-refractivity contribution < 1.29 is 27.2 Å². The Morgan fingerprint density at radius 3 is 2.55 bits per heavy atom. The molecule has 1 rings (SSSR count). The van der Waals surface area contributed by atoms with Crippen molar-refractivity contribution in [3.8, 4) is 11.5 Å². The maximum absolute atomic E-state index is 11.6. The molecule has 110 valence electrons. The fourth-order valence-electron chi connectivity index (χ4n) is 1.14. The first-order valence-electron chi connectivity index (χ1n) is 5.47. The van der Waals surface area contributed by atoms with E-state index in [1.807, 2.05) is 0 Å². The van der Waals surface area contributed by atoms with Gasteiger partial charge < -0.3 is 14.0 Å². The number of carbonyl (C=O) groups excluding carboxylic acids is 1. The summed E-state index contributed by atoms with van der Waals surface area (Å²) in [5.74, 6) is -0.711. The number of benzene rings is 1. The van der Waals surface area contributed by atoms with Gasteiger partial charge in [-0.05, 0) is 24.3 Å². The summed E-state index contributed by atoms with van der Waals surface area (Å²) < 4.78 is 33.3. The Balaban J connectivity index is 3.03. The molecule has 0 saturated heterocycles. The quantitative estimate of drug-likeness (QED) is 0.637. The number of rotatable bonds is 5. The largest absolute Gasteiger partial charge is 0.507 e. The molecule has 1 aromatic rings. The summed E-state index contributed by atoms with van der Waals surface area (Å²) in [6, 6.07) is 3.85. The summed E-state index contributed by atoms with van der Waals surface area (Å²) in [4.78, 5) is 11.0. The van der Waals surface area contributed by atoms with Gasteiger partial charge in [0.05, 0.1) is 7.11 Å². The lowest BCUT2D eigenvalue weighted by Crippen LogP contribution is -2.27. The van der Waals surface area contributed by atoms with Crippen molar-refractivity contribution >= 4 is 22.3 Å². The second-order valence-corrected chi connectivity index (χ2v) is 5.65. The summed E-state index contributed by atoms with van der Waals surface area (Å²) in [6.07, 6.45) is 2.38. The normalized spacial score (nSPS) is 11.8. The minimum atomic E-state index is -3.88. The summed E-state index contributed by atoms with van der Waals surface area (Å²) in [7, 11) is -0.00844. The fraction of sp³-hybridized carbons (Fsp3) is 0.250. The van der Waals surface area contributed by atoms with Crippen LogP contribution in [-0.4, -0.2) is 45.0 Å². The molecule has 0 aliphatic heterocycles. The van der Waals surface area contributed by atoms with Crippen molar-refractivity contribution in [1.82, 2.24) is 4.31 Å². The molecule has 0 aliphatic carbocycles. The lowest BCUT2D eigenvalue weighted by atomic mass is 10.2. The molecule has 1 aromatic carbocycles. The molecule has 0 saturated carbocycles. The summed E-state index contributed by atoms with van der Waals surface area (Å²) in [5, 5.41) is 9.61. The van der Waals surface area contributed by atoms with E-state index in [0.29, 0.717) is 0 Å². The SMILES string of the molecule is COC(=O)C=Cc1cc(OS(=O)(=O)N(C)C)ccc1O. The van der Waals surface area contributed by atoms with Crippen LogP contribution in [0.1, 0.15) is 5.56 Å². The molecule has 0 aliphatic rings. The molecule has 7 nitrogen and oxygen atoms in total. The zero-order valence-electron chi connectivity index (χ0n) is 11.2. The molecular weight excluding hydrogens is 286 g/mol. The van der Waals surface area contributed by atoms with Gasteiger partial charge >= 0.3 is 16.3 Å². The second-order valence-electron chi connectivity index (χ2n) is 3.90. The van der Waals surface area contributed by atoms with Gasteiger partial charge in [0, 0.05) is 25.7 Å². The highest BCUT2D eigenvalue weighted by Crippen LogP contribution is 2.25. The molecule has 0 unspecified atom stereocenters. The van der Waals surface area contributed by atoms with E-state index in [0.717, 1.165) is 10.4 Å². The van der Waals surface area contributed by atoms with Crippen LogP contribution < -0.4 is 4.18 Å². The number of ether oxygens (including phenoxy) is 1. The van der Waals surface area contributed by atoms with E-state index in [4.69, 9.17) is 4.18 Å². The van der Waals surface area contributed by atoms with Crippen LogP contribution in [0.3, 0.4) is 0 Å². The van der Waals surface area contributed by atoms with Gasteiger partial charge in [-0.3, -0.25) is 0 Å². The van der Waals surface area contributed by atoms with Gasteiger partial charge in [0.2, 0.25) is 0 Å². The van der Waals surface area contributed by atoms with Crippen molar-refractivity contribution in [3.63, 3.8) is 0 Å². The number of aromatic hydroxyl groups is 1. The van der Waals surface area contributed by atoms with Gasteiger partial charge in [-0.1, -0.05) is 0 Å². The Bertz CT molecular complexity index is 621. The highest BCUT2D eigenvalue weighted by Gasteiger charge is 2.16. The monoisotopic (exact) mass is 301 g/mol. The Hall–Kier alpha value is -2.06. The lowest BCUT2D eigenvalue weighted by Gasteiger charge is -2.12. The summed E-state index contributed by atoms with van der Waals surface area (Å²) in [5.41, 5.74) is 0.224. The van der Waals surface area contributed by atoms with Gasteiger partial charge in [0.15, 0.2) is 0 Å². The molecule has 8 heteroatoms. The van der Waals surface area contributed by atoms with E-state index in [1.165, 1.54) is 45.5 Å². The van der Waals surface area contributed by atoms with Gasteiger partial charge in [0.1, 0.15) is 11.5 Å². The van der Waals surface area contributed by atoms with Crippen LogP contribution in [0.4, 0.5) is 0 Å². The Labute approximate surface area is 117 Å². The molecule has 0 aromatic heterocycles. The Morgan fingerprint density at radius 1 is 1.35 bits per heavy atom. The standard InChI is InChI=1S/C12H15NO6S/c1-13(2)20(16,17)19-10-5-6-11(14)9(8-10)4-7-12(15)18-3/h4-8,14H,1-3H3. The minimum Gasteiger partial charge on any atom is -0.507 e. The topological polar surface area (TPSA) is 93.1 Å². The zero-order chi connectivity index (χ0) is 15.3. The van der Waals surface area contributed by atoms with Crippen LogP contribution in [-0.2, 0) is 19.8 Å². The van der Waals surface area contributed by atoms with E-state index in [1.54, 1.807) is 0 Å². The Morgan fingerprint density at radius 2 is 2.00 bits per heavy atom. The lowest BCUT2D eigenvalue weighted by molar-refractivity contribution is -0.134. The van der Waals surface area contributed by atoms with Crippen LogP contribution in [0.2, 0.25) is 0 Å². The van der Waals surface area contributed by atoms with Gasteiger partial charge in [-0.2, -0.15) is 12.7 Å². The predicted octanol–water partition coefficient (Wildman–Crippen LogP) is 0.764. The zero-order valence-corrected chi connectivity index (χ0v) is 12.0. The van der Waals surface area contributed by atoms with Crippen LogP contribution >= 0.6 is 0 Å². The molecule has 1 N–H and O–H groups in total. The smallest absolute Gasteiger partial charge is 0.384 e.